The van der Waals surface area contributed by atoms with E-state index in [1.165, 1.54) is 12.8 Å². The van der Waals surface area contributed by atoms with Gasteiger partial charge in [0.05, 0.1) is 10.6 Å². The molecule has 7 heteroatoms. The van der Waals surface area contributed by atoms with Crippen LogP contribution >= 0.6 is 0 Å². The summed E-state index contributed by atoms with van der Waals surface area (Å²) in [6, 6.07) is 11.1. The highest BCUT2D eigenvalue weighted by atomic mass is 32.2. The van der Waals surface area contributed by atoms with Gasteiger partial charge < -0.3 is 14.4 Å². The van der Waals surface area contributed by atoms with Crippen molar-refractivity contribution in [2.24, 2.45) is 0 Å². The Morgan fingerprint density at radius 3 is 2.52 bits per heavy atom. The van der Waals surface area contributed by atoms with Crippen LogP contribution < -0.4 is 18.7 Å². The first-order valence-electron chi connectivity index (χ1n) is 9.43. The zero-order valence-electron chi connectivity index (χ0n) is 15.1. The number of sulfonamides is 1. The lowest BCUT2D eigenvalue weighted by atomic mass is 10.0. The molecule has 0 spiro atoms. The predicted molar refractivity (Wildman–Crippen MR) is 103 cm³/mol. The van der Waals surface area contributed by atoms with Gasteiger partial charge in [-0.3, -0.25) is 4.31 Å². The summed E-state index contributed by atoms with van der Waals surface area (Å²) < 4.78 is 39.0. The maximum atomic E-state index is 13.4. The first kappa shape index (κ1) is 16.7. The third-order valence-electron chi connectivity index (χ3n) is 5.55. The minimum atomic E-state index is -3.66. The number of aryl methyl sites for hydroxylation is 1. The Morgan fingerprint density at radius 1 is 0.852 bits per heavy atom. The van der Waals surface area contributed by atoms with Crippen molar-refractivity contribution in [1.82, 2.24) is 0 Å². The summed E-state index contributed by atoms with van der Waals surface area (Å²) in [5.41, 5.74) is 3.01. The third kappa shape index (κ3) is 2.81. The topological polar surface area (TPSA) is 59.1 Å². The molecular formula is C20H22N2O4S. The molecule has 0 aliphatic carbocycles. The molecule has 27 heavy (non-hydrogen) atoms. The van der Waals surface area contributed by atoms with E-state index in [0.29, 0.717) is 18.0 Å². The van der Waals surface area contributed by atoms with Gasteiger partial charge in [-0.25, -0.2) is 8.42 Å². The molecule has 0 saturated carbocycles. The molecule has 6 nitrogen and oxygen atoms in total. The standard InChI is InChI=1S/C20H22N2O4S/c23-27(24,17-7-8-19-20(13-17)26-14-25-19)22-11-3-4-15-5-6-16(12-18(15)22)21-9-1-2-10-21/h5-8,12-13H,1-4,9-11,14H2. The van der Waals surface area contributed by atoms with E-state index >= 15 is 0 Å². The van der Waals surface area contributed by atoms with Gasteiger partial charge in [0.25, 0.3) is 10.0 Å². The number of ether oxygens (including phenoxy) is 2. The van der Waals surface area contributed by atoms with E-state index in [4.69, 9.17) is 9.47 Å². The summed E-state index contributed by atoms with van der Waals surface area (Å²) in [6.45, 7) is 2.69. The Kier molecular flexibility index (Phi) is 3.93. The van der Waals surface area contributed by atoms with Crippen LogP contribution in [0.2, 0.25) is 0 Å². The molecule has 2 aromatic rings. The lowest BCUT2D eigenvalue weighted by Crippen LogP contribution is -2.35. The Hall–Kier alpha value is -2.41. The van der Waals surface area contributed by atoms with Gasteiger partial charge in [0.15, 0.2) is 11.5 Å². The van der Waals surface area contributed by atoms with E-state index in [0.717, 1.165) is 42.9 Å². The number of benzene rings is 2. The minimum absolute atomic E-state index is 0.130. The van der Waals surface area contributed by atoms with Crippen LogP contribution in [0, 0.1) is 0 Å². The van der Waals surface area contributed by atoms with Crippen LogP contribution in [0.1, 0.15) is 24.8 Å². The molecule has 0 unspecified atom stereocenters. The van der Waals surface area contributed by atoms with Crippen LogP contribution in [0.4, 0.5) is 11.4 Å². The first-order valence-corrected chi connectivity index (χ1v) is 10.9. The van der Waals surface area contributed by atoms with Crippen molar-refractivity contribution in [3.05, 3.63) is 42.0 Å². The molecular weight excluding hydrogens is 364 g/mol. The molecule has 3 aliphatic heterocycles. The number of hydrogen-bond donors (Lipinski definition) is 0. The minimum Gasteiger partial charge on any atom is -0.454 e. The van der Waals surface area contributed by atoms with Gasteiger partial charge in [-0.05, 0) is 55.5 Å². The van der Waals surface area contributed by atoms with Crippen LogP contribution in [0.3, 0.4) is 0 Å². The molecule has 2 aromatic carbocycles. The van der Waals surface area contributed by atoms with E-state index in [-0.39, 0.29) is 11.7 Å². The Balaban J connectivity index is 1.55. The average Bonchev–Trinajstić information content (AvgIpc) is 3.38. The fraction of sp³-hybridized carbons (Fsp3) is 0.400. The van der Waals surface area contributed by atoms with Crippen molar-refractivity contribution in [2.75, 3.05) is 35.6 Å². The zero-order chi connectivity index (χ0) is 18.4. The fourth-order valence-electron chi connectivity index (χ4n) is 4.12. The summed E-state index contributed by atoms with van der Waals surface area (Å²) >= 11 is 0. The lowest BCUT2D eigenvalue weighted by molar-refractivity contribution is 0.174. The fourth-order valence-corrected chi connectivity index (χ4v) is 5.66. The highest BCUT2D eigenvalue weighted by Crippen LogP contribution is 2.38. The van der Waals surface area contributed by atoms with Crippen molar-refractivity contribution in [3.63, 3.8) is 0 Å². The first-order chi connectivity index (χ1) is 13.1. The predicted octanol–water partition coefficient (Wildman–Crippen LogP) is 3.16. The molecule has 1 fully saturated rings. The van der Waals surface area contributed by atoms with Gasteiger partial charge in [-0.15, -0.1) is 0 Å². The van der Waals surface area contributed by atoms with Gasteiger partial charge >= 0.3 is 0 Å². The number of hydrogen-bond acceptors (Lipinski definition) is 5. The quantitative estimate of drug-likeness (QED) is 0.811. The highest BCUT2D eigenvalue weighted by Gasteiger charge is 2.31. The molecule has 3 aliphatic rings. The van der Waals surface area contributed by atoms with E-state index in [9.17, 15) is 8.42 Å². The second-order valence-electron chi connectivity index (χ2n) is 7.20. The van der Waals surface area contributed by atoms with Crippen molar-refractivity contribution >= 4 is 21.4 Å². The van der Waals surface area contributed by atoms with E-state index in [2.05, 4.69) is 17.0 Å². The summed E-state index contributed by atoms with van der Waals surface area (Å²) in [5, 5.41) is 0. The second kappa shape index (κ2) is 6.34. The van der Waals surface area contributed by atoms with Crippen molar-refractivity contribution in [1.29, 1.82) is 0 Å². The molecule has 1 saturated heterocycles. The van der Waals surface area contributed by atoms with E-state index in [1.807, 2.05) is 6.07 Å². The van der Waals surface area contributed by atoms with Crippen LogP contribution in [0.5, 0.6) is 11.5 Å². The van der Waals surface area contributed by atoms with Crippen LogP contribution in [0.15, 0.2) is 41.3 Å². The Bertz CT molecular complexity index is 983. The van der Waals surface area contributed by atoms with Crippen molar-refractivity contribution in [2.45, 2.75) is 30.6 Å². The molecule has 0 atom stereocenters. The molecule has 0 N–H and O–H groups in total. The summed E-state index contributed by atoms with van der Waals surface area (Å²) in [6.07, 6.45) is 4.11. The van der Waals surface area contributed by atoms with E-state index in [1.54, 1.807) is 22.5 Å². The van der Waals surface area contributed by atoms with Gasteiger partial charge in [0.1, 0.15) is 0 Å². The van der Waals surface area contributed by atoms with Gasteiger partial charge in [0.2, 0.25) is 6.79 Å². The molecule has 0 amide bonds. The number of anilines is 2. The maximum absolute atomic E-state index is 13.4. The Morgan fingerprint density at radius 2 is 1.67 bits per heavy atom. The summed E-state index contributed by atoms with van der Waals surface area (Å²) in [5.74, 6) is 1.07. The molecule has 3 heterocycles. The molecule has 0 aromatic heterocycles. The van der Waals surface area contributed by atoms with Crippen LogP contribution in [0.25, 0.3) is 0 Å². The smallest absolute Gasteiger partial charge is 0.264 e. The third-order valence-corrected chi connectivity index (χ3v) is 7.36. The molecule has 0 radical (unpaired) electrons. The average molecular weight is 386 g/mol. The van der Waals surface area contributed by atoms with Crippen LogP contribution in [-0.4, -0.2) is 34.8 Å². The van der Waals surface area contributed by atoms with E-state index < -0.39 is 10.0 Å². The van der Waals surface area contributed by atoms with Gasteiger partial charge in [-0.2, -0.15) is 0 Å². The molecule has 142 valence electrons. The maximum Gasteiger partial charge on any atom is 0.264 e. The summed E-state index contributed by atoms with van der Waals surface area (Å²) in [7, 11) is -3.66. The van der Waals surface area contributed by atoms with Crippen molar-refractivity contribution < 1.29 is 17.9 Å². The molecule has 0 bridgehead atoms. The van der Waals surface area contributed by atoms with Crippen LogP contribution in [-0.2, 0) is 16.4 Å². The highest BCUT2D eigenvalue weighted by molar-refractivity contribution is 7.92. The monoisotopic (exact) mass is 386 g/mol. The summed E-state index contributed by atoms with van der Waals surface area (Å²) in [4.78, 5) is 2.58. The molecule has 5 rings (SSSR count). The Labute approximate surface area is 159 Å². The normalized spacial score (nSPS) is 18.7. The number of rotatable bonds is 3. The lowest BCUT2D eigenvalue weighted by Gasteiger charge is -2.32. The van der Waals surface area contributed by atoms with Gasteiger partial charge in [0, 0.05) is 31.4 Å². The number of nitrogens with zero attached hydrogens (tertiary/aromatic N) is 2. The van der Waals surface area contributed by atoms with Gasteiger partial charge in [-0.1, -0.05) is 6.07 Å². The SMILES string of the molecule is O=S(=O)(c1ccc2c(c1)OCO2)N1CCCc2ccc(N3CCCC3)cc21. The number of fused-ring (bicyclic) bond motifs is 2. The zero-order valence-corrected chi connectivity index (χ0v) is 15.9. The largest absolute Gasteiger partial charge is 0.454 e. The second-order valence-corrected chi connectivity index (χ2v) is 9.07. The van der Waals surface area contributed by atoms with Crippen molar-refractivity contribution in [3.8, 4) is 11.5 Å².